The maximum Gasteiger partial charge on any atom is 0.243 e. The van der Waals surface area contributed by atoms with Crippen LogP contribution in [-0.4, -0.2) is 77.8 Å². The standard InChI is InChI=1S/C29H48N12O4/c1-16(2)13-22(40-25(43)19(30)8-5-11-36-28(32)33)26(44)41-23(14-17-15-38-20-9-4-3-7-18(17)20)27(45)39-21(24(31)42)10-6-12-37-29(34)35/h3-4,7,9,15-16,19,21-23,38H,5-6,8,10-14,30H2,1-2H3,(H2,31,42)(H,39,45)(H,40,43)(H,41,44)(H4,32,33,36)(H4,34,35,37)/t19-,21-,22-,23-/m0/s1. The molecule has 0 saturated heterocycles. The molecule has 2 rings (SSSR count). The van der Waals surface area contributed by atoms with E-state index in [4.69, 9.17) is 34.4 Å². The number of fused-ring (bicyclic) bond motifs is 1. The zero-order valence-corrected chi connectivity index (χ0v) is 25.9. The van der Waals surface area contributed by atoms with Crippen molar-refractivity contribution in [2.45, 2.75) is 76.5 Å². The Labute approximate surface area is 262 Å². The zero-order valence-electron chi connectivity index (χ0n) is 25.9. The third-order valence-corrected chi connectivity index (χ3v) is 6.98. The van der Waals surface area contributed by atoms with Gasteiger partial charge in [0.2, 0.25) is 23.6 Å². The summed E-state index contributed by atoms with van der Waals surface area (Å²) in [6.07, 6.45) is 3.45. The van der Waals surface area contributed by atoms with Gasteiger partial charge >= 0.3 is 0 Å². The Morgan fingerprint density at radius 2 is 1.33 bits per heavy atom. The van der Waals surface area contributed by atoms with E-state index in [-0.39, 0.29) is 43.6 Å². The number of benzene rings is 1. The minimum absolute atomic E-state index is 0.0180. The summed E-state index contributed by atoms with van der Waals surface area (Å²) < 4.78 is 0. The number of para-hydroxylation sites is 1. The molecule has 16 nitrogen and oxygen atoms in total. The molecule has 16 N–H and O–H groups in total. The first-order valence-corrected chi connectivity index (χ1v) is 14.9. The van der Waals surface area contributed by atoms with Crippen molar-refractivity contribution in [1.82, 2.24) is 20.9 Å². The van der Waals surface area contributed by atoms with Crippen LogP contribution in [0.4, 0.5) is 0 Å². The number of aromatic nitrogens is 1. The van der Waals surface area contributed by atoms with Crippen LogP contribution in [0.25, 0.3) is 10.9 Å². The molecule has 1 heterocycles. The molecule has 0 radical (unpaired) electrons. The van der Waals surface area contributed by atoms with Gasteiger partial charge in [0, 0.05) is 36.6 Å². The van der Waals surface area contributed by atoms with Crippen molar-refractivity contribution in [1.29, 1.82) is 0 Å². The number of aromatic amines is 1. The zero-order chi connectivity index (χ0) is 33.5. The summed E-state index contributed by atoms with van der Waals surface area (Å²) in [4.78, 5) is 63.3. The van der Waals surface area contributed by atoms with E-state index in [9.17, 15) is 19.2 Å². The van der Waals surface area contributed by atoms with Crippen LogP contribution in [0.2, 0.25) is 0 Å². The third-order valence-electron chi connectivity index (χ3n) is 6.98. The van der Waals surface area contributed by atoms with E-state index in [0.717, 1.165) is 16.5 Å². The SMILES string of the molecule is CC(C)C[C@H](NC(=O)[C@@H](N)CCCN=C(N)N)C(=O)N[C@@H](Cc1c[nH]c2ccccc12)C(=O)N[C@@H](CCCN=C(N)N)C(N)=O. The number of primary amides is 1. The van der Waals surface area contributed by atoms with Crippen LogP contribution < -0.4 is 50.4 Å². The number of H-pyrrole nitrogens is 1. The number of rotatable bonds is 19. The van der Waals surface area contributed by atoms with Crippen LogP contribution in [0, 0.1) is 5.92 Å². The number of nitrogens with one attached hydrogen (secondary N) is 4. The maximum atomic E-state index is 13.6. The fraction of sp³-hybridized carbons (Fsp3) is 0.517. The summed E-state index contributed by atoms with van der Waals surface area (Å²) in [5.41, 5.74) is 34.6. The number of aliphatic imine (C=N–C) groups is 2. The first kappa shape index (κ1) is 36.3. The number of guanidine groups is 2. The van der Waals surface area contributed by atoms with Gasteiger partial charge in [0.05, 0.1) is 6.04 Å². The molecule has 0 unspecified atom stereocenters. The number of nitrogens with two attached hydrogens (primary N) is 6. The van der Waals surface area contributed by atoms with Crippen LogP contribution in [0.15, 0.2) is 40.4 Å². The van der Waals surface area contributed by atoms with Gasteiger partial charge in [-0.3, -0.25) is 29.2 Å². The first-order valence-electron chi connectivity index (χ1n) is 14.9. The molecule has 4 atom stereocenters. The number of amides is 4. The third kappa shape index (κ3) is 12.7. The highest BCUT2D eigenvalue weighted by Gasteiger charge is 2.31. The van der Waals surface area contributed by atoms with Gasteiger partial charge in [-0.1, -0.05) is 32.0 Å². The summed E-state index contributed by atoms with van der Waals surface area (Å²) >= 11 is 0. The molecule has 1 aromatic heterocycles. The topological polar surface area (TPSA) is 301 Å². The lowest BCUT2D eigenvalue weighted by Gasteiger charge is -2.26. The largest absolute Gasteiger partial charge is 0.370 e. The normalized spacial score (nSPS) is 13.7. The minimum atomic E-state index is -1.11. The number of carbonyl (C=O) groups is 4. The highest BCUT2D eigenvalue weighted by Crippen LogP contribution is 2.19. The number of hydrogen-bond donors (Lipinski definition) is 10. The summed E-state index contributed by atoms with van der Waals surface area (Å²) in [6, 6.07) is 3.49. The molecule has 0 bridgehead atoms. The number of nitrogens with zero attached hydrogens (tertiary/aromatic N) is 2. The fourth-order valence-electron chi connectivity index (χ4n) is 4.70. The van der Waals surface area contributed by atoms with Crippen molar-refractivity contribution >= 4 is 46.5 Å². The van der Waals surface area contributed by atoms with Crippen LogP contribution in [0.1, 0.15) is 51.5 Å². The molecule has 0 aliphatic carbocycles. The predicted octanol–water partition coefficient (Wildman–Crippen LogP) is -1.87. The summed E-state index contributed by atoms with van der Waals surface area (Å²) in [5.74, 6) is -2.59. The van der Waals surface area contributed by atoms with Gasteiger partial charge in [-0.25, -0.2) is 0 Å². The molecular formula is C29H48N12O4. The summed E-state index contributed by atoms with van der Waals surface area (Å²) in [5, 5.41) is 9.04. The predicted molar refractivity (Wildman–Crippen MR) is 174 cm³/mol. The summed E-state index contributed by atoms with van der Waals surface area (Å²) in [6.45, 7) is 4.35. The molecule has 2 aromatic rings. The van der Waals surface area contributed by atoms with E-state index < -0.39 is 47.8 Å². The molecule has 16 heteroatoms. The Morgan fingerprint density at radius 3 is 1.93 bits per heavy atom. The van der Waals surface area contributed by atoms with Crippen molar-refractivity contribution in [2.75, 3.05) is 13.1 Å². The van der Waals surface area contributed by atoms with E-state index >= 15 is 0 Å². The first-order chi connectivity index (χ1) is 21.3. The van der Waals surface area contributed by atoms with E-state index in [2.05, 4.69) is 30.9 Å². The van der Waals surface area contributed by atoms with Crippen LogP contribution in [0.5, 0.6) is 0 Å². The van der Waals surface area contributed by atoms with Crippen molar-refractivity contribution in [3.05, 3.63) is 36.0 Å². The van der Waals surface area contributed by atoms with Gasteiger partial charge in [0.1, 0.15) is 18.1 Å². The Morgan fingerprint density at radius 1 is 0.778 bits per heavy atom. The van der Waals surface area contributed by atoms with Crippen LogP contribution in [0.3, 0.4) is 0 Å². The second-order valence-electron chi connectivity index (χ2n) is 11.3. The number of hydrogen-bond acceptors (Lipinski definition) is 7. The monoisotopic (exact) mass is 628 g/mol. The molecule has 1 aromatic carbocycles. The number of carbonyl (C=O) groups excluding carboxylic acids is 4. The summed E-state index contributed by atoms with van der Waals surface area (Å²) in [7, 11) is 0. The van der Waals surface area contributed by atoms with Gasteiger partial charge in [-0.2, -0.15) is 0 Å². The molecule has 0 fully saturated rings. The van der Waals surface area contributed by atoms with Gasteiger partial charge < -0.3 is 55.3 Å². The fourth-order valence-corrected chi connectivity index (χ4v) is 4.70. The lowest BCUT2D eigenvalue weighted by Crippen LogP contribution is -2.58. The van der Waals surface area contributed by atoms with E-state index in [1.54, 1.807) is 6.20 Å². The average Bonchev–Trinajstić information content (AvgIpc) is 3.37. The average molecular weight is 629 g/mol. The molecule has 4 amide bonds. The van der Waals surface area contributed by atoms with Crippen molar-refractivity contribution in [2.24, 2.45) is 50.3 Å². The molecular weight excluding hydrogens is 580 g/mol. The molecule has 0 aliphatic heterocycles. The molecule has 0 spiro atoms. The van der Waals surface area contributed by atoms with E-state index in [0.29, 0.717) is 25.8 Å². The molecule has 0 aliphatic rings. The Hall–Kier alpha value is -4.86. The second-order valence-corrected chi connectivity index (χ2v) is 11.3. The van der Waals surface area contributed by atoms with Crippen molar-refractivity contribution in [3.8, 4) is 0 Å². The van der Waals surface area contributed by atoms with Gasteiger partial charge in [0.25, 0.3) is 0 Å². The lowest BCUT2D eigenvalue weighted by atomic mass is 10.00. The van der Waals surface area contributed by atoms with Gasteiger partial charge in [0.15, 0.2) is 11.9 Å². The smallest absolute Gasteiger partial charge is 0.243 e. The maximum absolute atomic E-state index is 13.6. The quantitative estimate of drug-likeness (QED) is 0.0473. The molecule has 0 saturated carbocycles. The highest BCUT2D eigenvalue weighted by atomic mass is 16.2. The second kappa shape index (κ2) is 18.1. The van der Waals surface area contributed by atoms with Gasteiger partial charge in [-0.05, 0) is 49.7 Å². The highest BCUT2D eigenvalue weighted by molar-refractivity contribution is 5.95. The Kier molecular flexibility index (Phi) is 14.6. The van der Waals surface area contributed by atoms with Crippen molar-refractivity contribution < 1.29 is 19.2 Å². The Balaban J connectivity index is 2.25. The minimum Gasteiger partial charge on any atom is -0.370 e. The molecule has 248 valence electrons. The lowest BCUT2D eigenvalue weighted by molar-refractivity contribution is -0.133. The van der Waals surface area contributed by atoms with Gasteiger partial charge in [-0.15, -0.1) is 0 Å². The van der Waals surface area contributed by atoms with Crippen molar-refractivity contribution in [3.63, 3.8) is 0 Å². The Bertz CT molecular complexity index is 1350. The van der Waals surface area contributed by atoms with E-state index in [1.807, 2.05) is 38.1 Å². The van der Waals surface area contributed by atoms with Crippen LogP contribution in [-0.2, 0) is 25.6 Å². The van der Waals surface area contributed by atoms with Crippen LogP contribution >= 0.6 is 0 Å². The molecule has 45 heavy (non-hydrogen) atoms. The van der Waals surface area contributed by atoms with E-state index in [1.165, 1.54) is 0 Å².